The second-order valence-electron chi connectivity index (χ2n) is 6.36. The molecule has 0 aliphatic heterocycles. The number of benzene rings is 2. The van der Waals surface area contributed by atoms with Crippen LogP contribution in [0.2, 0.25) is 5.02 Å². The van der Waals surface area contributed by atoms with Crippen LogP contribution in [-0.4, -0.2) is 27.4 Å². The van der Waals surface area contributed by atoms with Gasteiger partial charge in [-0.05, 0) is 55.5 Å². The Kier molecular flexibility index (Phi) is 7.18. The molecule has 0 aliphatic carbocycles. The largest absolute Gasteiger partial charge is 0.322 e. The summed E-state index contributed by atoms with van der Waals surface area (Å²) in [6.07, 6.45) is 1.36. The van der Waals surface area contributed by atoms with E-state index in [0.717, 1.165) is 5.69 Å². The lowest BCUT2D eigenvalue weighted by Crippen LogP contribution is -2.26. The van der Waals surface area contributed by atoms with Crippen molar-refractivity contribution in [2.75, 3.05) is 21.9 Å². The van der Waals surface area contributed by atoms with Crippen LogP contribution in [0.25, 0.3) is 11.3 Å². The van der Waals surface area contributed by atoms with Gasteiger partial charge in [0.25, 0.3) is 5.91 Å². The quantitative estimate of drug-likeness (QED) is 0.536. The minimum atomic E-state index is -1.10. The molecule has 0 saturated carbocycles. The van der Waals surface area contributed by atoms with Gasteiger partial charge in [-0.1, -0.05) is 18.5 Å². The molecule has 1 unspecified atom stereocenters. The summed E-state index contributed by atoms with van der Waals surface area (Å²) in [6.45, 7) is 4.40. The monoisotopic (exact) mass is 445 g/mol. The Morgan fingerprint density at radius 3 is 2.50 bits per heavy atom. The second-order valence-corrected chi connectivity index (χ2v) is 8.43. The van der Waals surface area contributed by atoms with Crippen molar-refractivity contribution in [2.45, 2.75) is 13.8 Å². The Bertz CT molecular complexity index is 1080. The van der Waals surface area contributed by atoms with Gasteiger partial charge in [0, 0.05) is 47.1 Å². The number of carbonyl (C=O) groups is 1. The van der Waals surface area contributed by atoms with Gasteiger partial charge < -0.3 is 5.32 Å². The summed E-state index contributed by atoms with van der Waals surface area (Å²) in [4.78, 5) is 16.8. The van der Waals surface area contributed by atoms with Crippen LogP contribution in [0.3, 0.4) is 0 Å². The van der Waals surface area contributed by atoms with Crippen LogP contribution in [0.15, 0.2) is 60.8 Å². The number of amides is 1. The van der Waals surface area contributed by atoms with E-state index in [2.05, 4.69) is 10.3 Å². The molecule has 30 heavy (non-hydrogen) atoms. The van der Waals surface area contributed by atoms with Gasteiger partial charge in [0.15, 0.2) is 0 Å². The Labute approximate surface area is 182 Å². The van der Waals surface area contributed by atoms with E-state index in [1.807, 2.05) is 13.8 Å². The number of nitrogens with zero attached hydrogens (tertiary/aromatic N) is 2. The number of rotatable bonds is 7. The molecule has 5 nitrogen and oxygen atoms in total. The Morgan fingerprint density at radius 1 is 1.13 bits per heavy atom. The van der Waals surface area contributed by atoms with Crippen LogP contribution in [0.5, 0.6) is 0 Å². The first-order valence-corrected chi connectivity index (χ1v) is 11.1. The van der Waals surface area contributed by atoms with Gasteiger partial charge in [0.2, 0.25) is 0 Å². The predicted molar refractivity (Wildman–Crippen MR) is 121 cm³/mol. The summed E-state index contributed by atoms with van der Waals surface area (Å²) >= 11 is 6.23. The van der Waals surface area contributed by atoms with E-state index >= 15 is 0 Å². The second kappa shape index (κ2) is 9.82. The first kappa shape index (κ1) is 21.9. The van der Waals surface area contributed by atoms with E-state index in [4.69, 9.17) is 11.6 Å². The van der Waals surface area contributed by atoms with Crippen molar-refractivity contribution in [3.8, 4) is 11.3 Å². The number of hydrogen-bond donors (Lipinski definition) is 1. The first-order valence-electron chi connectivity index (χ1n) is 9.41. The molecule has 1 atom stereocenters. The lowest BCUT2D eigenvalue weighted by molar-refractivity contribution is 0.102. The molecule has 1 heterocycles. The number of pyridine rings is 1. The highest BCUT2D eigenvalue weighted by molar-refractivity contribution is 7.86. The summed E-state index contributed by atoms with van der Waals surface area (Å²) in [7, 11) is -1.10. The summed E-state index contributed by atoms with van der Waals surface area (Å²) in [6, 6.07) is 14.4. The Hall–Kier alpha value is -2.77. The van der Waals surface area contributed by atoms with E-state index in [1.54, 1.807) is 46.8 Å². The zero-order valence-electron chi connectivity index (χ0n) is 16.6. The molecule has 0 radical (unpaired) electrons. The molecule has 1 aromatic heterocycles. The average Bonchev–Trinajstić information content (AvgIpc) is 2.75. The van der Waals surface area contributed by atoms with Gasteiger partial charge in [-0.15, -0.1) is 0 Å². The highest BCUT2D eigenvalue weighted by Gasteiger charge is 2.13. The third-order valence-corrected chi connectivity index (χ3v) is 6.20. The van der Waals surface area contributed by atoms with Crippen LogP contribution in [-0.2, 0) is 11.0 Å². The molecule has 0 saturated heterocycles. The maximum absolute atomic E-state index is 13.5. The van der Waals surface area contributed by atoms with Gasteiger partial charge in [-0.3, -0.25) is 14.1 Å². The van der Waals surface area contributed by atoms with Crippen molar-refractivity contribution in [1.29, 1.82) is 0 Å². The molecule has 8 heteroatoms. The minimum Gasteiger partial charge on any atom is -0.322 e. The number of halogens is 2. The molecule has 156 valence electrons. The molecule has 0 aliphatic rings. The molecule has 3 aromatic rings. The highest BCUT2D eigenvalue weighted by Crippen LogP contribution is 2.30. The summed E-state index contributed by atoms with van der Waals surface area (Å²) in [5, 5.41) is 3.22. The Balaban J connectivity index is 1.79. The fourth-order valence-corrected chi connectivity index (χ4v) is 4.10. The van der Waals surface area contributed by atoms with E-state index in [1.165, 1.54) is 18.3 Å². The number of anilines is 2. The number of aromatic nitrogens is 1. The van der Waals surface area contributed by atoms with Crippen LogP contribution < -0.4 is 9.62 Å². The average molecular weight is 446 g/mol. The van der Waals surface area contributed by atoms with Crippen molar-refractivity contribution < 1.29 is 13.4 Å². The topological polar surface area (TPSA) is 62.3 Å². The molecular formula is C22H21ClFN3O2S. The van der Waals surface area contributed by atoms with E-state index < -0.39 is 16.8 Å². The summed E-state index contributed by atoms with van der Waals surface area (Å²) < 4.78 is 27.4. The Morgan fingerprint density at radius 2 is 1.87 bits per heavy atom. The molecule has 2 aromatic carbocycles. The molecule has 1 N–H and O–H groups in total. The van der Waals surface area contributed by atoms with Crippen molar-refractivity contribution in [3.05, 3.63) is 77.2 Å². The van der Waals surface area contributed by atoms with Gasteiger partial charge in [0.1, 0.15) is 16.8 Å². The van der Waals surface area contributed by atoms with Crippen molar-refractivity contribution in [3.63, 3.8) is 0 Å². The van der Waals surface area contributed by atoms with Crippen molar-refractivity contribution in [2.24, 2.45) is 0 Å². The molecular weight excluding hydrogens is 425 g/mol. The van der Waals surface area contributed by atoms with Crippen molar-refractivity contribution in [1.82, 2.24) is 4.98 Å². The third kappa shape index (κ3) is 5.04. The molecule has 0 bridgehead atoms. The first-order chi connectivity index (χ1) is 14.4. The van der Waals surface area contributed by atoms with Crippen LogP contribution in [0, 0.1) is 5.82 Å². The van der Waals surface area contributed by atoms with E-state index in [-0.39, 0.29) is 5.91 Å². The number of carbonyl (C=O) groups excluding carboxylic acids is 1. The fourth-order valence-electron chi connectivity index (χ4n) is 2.93. The van der Waals surface area contributed by atoms with Crippen molar-refractivity contribution >= 4 is 39.9 Å². The molecule has 0 fully saturated rings. The zero-order chi connectivity index (χ0) is 21.7. The fraction of sp³-hybridized carbons (Fsp3) is 0.182. The lowest BCUT2D eigenvalue weighted by Gasteiger charge is -2.21. The summed E-state index contributed by atoms with van der Waals surface area (Å²) in [5.74, 6) is -0.202. The highest BCUT2D eigenvalue weighted by atomic mass is 35.5. The standard InChI is InChI=1S/C22H21ClFN3O2S/c1-3-27(30(29)4-2)18-8-5-15(6-9-18)22(28)26-17-7-10-20(23)19(14-17)21-13-16(24)11-12-25-21/h5-14H,3-4H2,1-2H3,(H,26,28). The maximum Gasteiger partial charge on any atom is 0.255 e. The van der Waals surface area contributed by atoms with Crippen LogP contribution >= 0.6 is 11.6 Å². The predicted octanol–water partition coefficient (Wildman–Crippen LogP) is 5.30. The molecule has 3 rings (SSSR count). The molecule has 0 spiro atoms. The van der Waals surface area contributed by atoms with Gasteiger partial charge in [0.05, 0.1) is 10.7 Å². The van der Waals surface area contributed by atoms with Crippen LogP contribution in [0.4, 0.5) is 15.8 Å². The van der Waals surface area contributed by atoms with Crippen LogP contribution in [0.1, 0.15) is 24.2 Å². The maximum atomic E-state index is 13.5. The van der Waals surface area contributed by atoms with E-state index in [0.29, 0.717) is 39.8 Å². The molecule has 1 amide bonds. The lowest BCUT2D eigenvalue weighted by atomic mass is 10.1. The summed E-state index contributed by atoms with van der Waals surface area (Å²) in [5.41, 5.74) is 2.66. The van der Waals surface area contributed by atoms with Gasteiger partial charge in [-0.2, -0.15) is 0 Å². The van der Waals surface area contributed by atoms with E-state index in [9.17, 15) is 13.4 Å². The van der Waals surface area contributed by atoms with Gasteiger partial charge in [-0.25, -0.2) is 8.60 Å². The third-order valence-electron chi connectivity index (χ3n) is 4.42. The number of hydrogen-bond acceptors (Lipinski definition) is 3. The zero-order valence-corrected chi connectivity index (χ0v) is 18.1. The SMILES string of the molecule is CCN(c1ccc(C(=O)Nc2ccc(Cl)c(-c3cc(F)ccn3)c2)cc1)S(=O)CC. The smallest absolute Gasteiger partial charge is 0.255 e. The number of nitrogens with one attached hydrogen (secondary N) is 1. The normalized spacial score (nSPS) is 11.7. The van der Waals surface area contributed by atoms with Gasteiger partial charge >= 0.3 is 0 Å². The minimum absolute atomic E-state index is 0.304.